The van der Waals surface area contributed by atoms with E-state index in [-0.39, 0.29) is 11.4 Å². The van der Waals surface area contributed by atoms with Crippen LogP contribution in [0.2, 0.25) is 10.0 Å². The van der Waals surface area contributed by atoms with Gasteiger partial charge in [-0.15, -0.1) is 0 Å². The van der Waals surface area contributed by atoms with Gasteiger partial charge in [0.2, 0.25) is 5.91 Å². The second-order valence-corrected chi connectivity index (χ2v) is 11.9. The molecule has 208 valence electrons. The number of hydrogen-bond donors (Lipinski definition) is 3. The SMILES string of the molecule is CC(=O)NCC1CCN(Cc2cc(Oc3ccc(NCC(C)(C)N)nc3)cc(-c3cc(Cl)cc(Cl)c3)c2)CC1. The molecule has 1 fully saturated rings. The zero-order valence-corrected chi connectivity index (χ0v) is 24.3. The van der Waals surface area contributed by atoms with Crippen molar-refractivity contribution in [2.75, 3.05) is 31.5 Å². The molecule has 3 aromatic rings. The Morgan fingerprint density at radius 1 is 1.05 bits per heavy atom. The molecule has 0 unspecified atom stereocenters. The van der Waals surface area contributed by atoms with E-state index in [1.54, 1.807) is 19.2 Å². The summed E-state index contributed by atoms with van der Waals surface area (Å²) in [6, 6.07) is 15.5. The van der Waals surface area contributed by atoms with E-state index in [1.165, 1.54) is 0 Å². The lowest BCUT2D eigenvalue weighted by Gasteiger charge is -2.32. The maximum atomic E-state index is 11.3. The van der Waals surface area contributed by atoms with Crippen molar-refractivity contribution < 1.29 is 9.53 Å². The first-order valence-electron chi connectivity index (χ1n) is 13.3. The molecule has 39 heavy (non-hydrogen) atoms. The number of benzene rings is 2. The lowest BCUT2D eigenvalue weighted by atomic mass is 9.96. The predicted octanol–water partition coefficient (Wildman–Crippen LogP) is 6.35. The van der Waals surface area contributed by atoms with Gasteiger partial charge in [0.1, 0.15) is 17.3 Å². The molecule has 0 bridgehead atoms. The van der Waals surface area contributed by atoms with Gasteiger partial charge in [0, 0.05) is 42.1 Å². The Hall–Kier alpha value is -2.84. The molecular weight excluding hydrogens is 533 g/mol. The Labute approximate surface area is 241 Å². The van der Waals surface area contributed by atoms with E-state index in [2.05, 4.69) is 32.7 Å². The number of nitrogens with zero attached hydrogens (tertiary/aromatic N) is 2. The summed E-state index contributed by atoms with van der Waals surface area (Å²) in [6.07, 6.45) is 3.82. The summed E-state index contributed by atoms with van der Waals surface area (Å²) in [5.41, 5.74) is 8.76. The lowest BCUT2D eigenvalue weighted by molar-refractivity contribution is -0.119. The highest BCUT2D eigenvalue weighted by molar-refractivity contribution is 6.35. The highest BCUT2D eigenvalue weighted by atomic mass is 35.5. The summed E-state index contributed by atoms with van der Waals surface area (Å²) in [4.78, 5) is 18.2. The smallest absolute Gasteiger partial charge is 0.216 e. The number of aromatic nitrogens is 1. The molecule has 0 radical (unpaired) electrons. The van der Waals surface area contributed by atoms with E-state index in [0.717, 1.165) is 61.5 Å². The van der Waals surface area contributed by atoms with Crippen molar-refractivity contribution in [2.45, 2.75) is 45.7 Å². The van der Waals surface area contributed by atoms with Crippen LogP contribution in [0.4, 0.5) is 5.82 Å². The molecule has 0 atom stereocenters. The predicted molar refractivity (Wildman–Crippen MR) is 160 cm³/mol. The number of nitrogens with two attached hydrogens (primary N) is 1. The van der Waals surface area contributed by atoms with E-state index >= 15 is 0 Å². The summed E-state index contributed by atoms with van der Waals surface area (Å²) in [6.45, 7) is 9.60. The number of pyridine rings is 1. The van der Waals surface area contributed by atoms with Crippen molar-refractivity contribution >= 4 is 34.9 Å². The van der Waals surface area contributed by atoms with Crippen LogP contribution >= 0.6 is 23.2 Å². The maximum absolute atomic E-state index is 11.3. The number of ether oxygens (including phenoxy) is 1. The lowest BCUT2D eigenvalue weighted by Crippen LogP contribution is -2.39. The standard InChI is InChI=1S/C30H37Cl2N5O2/c1-20(38)34-16-21-6-8-37(9-7-21)18-22-10-23(24-12-25(31)15-26(32)13-24)14-28(11-22)39-27-4-5-29(35-17-27)36-19-30(2,3)33/h4-5,10-15,17,21H,6-9,16,18-19,33H2,1-3H3,(H,34,38)(H,35,36). The van der Waals surface area contributed by atoms with Crippen LogP contribution in [0.5, 0.6) is 11.5 Å². The van der Waals surface area contributed by atoms with Gasteiger partial charge in [-0.2, -0.15) is 0 Å². The number of likely N-dealkylation sites (tertiary alicyclic amines) is 1. The maximum Gasteiger partial charge on any atom is 0.216 e. The third-order valence-corrected chi connectivity index (χ3v) is 7.05. The monoisotopic (exact) mass is 569 g/mol. The Balaban J connectivity index is 1.51. The van der Waals surface area contributed by atoms with Gasteiger partial charge < -0.3 is 21.1 Å². The minimum Gasteiger partial charge on any atom is -0.456 e. The number of rotatable bonds is 10. The molecule has 9 heteroatoms. The molecule has 4 rings (SSSR count). The van der Waals surface area contributed by atoms with Crippen LogP contribution in [-0.2, 0) is 11.3 Å². The molecule has 1 aliphatic rings. The van der Waals surface area contributed by atoms with Crippen LogP contribution in [-0.4, -0.2) is 47.5 Å². The van der Waals surface area contributed by atoms with Gasteiger partial charge in [0.15, 0.2) is 0 Å². The largest absolute Gasteiger partial charge is 0.456 e. The minimum atomic E-state index is -0.336. The molecule has 7 nitrogen and oxygen atoms in total. The van der Waals surface area contributed by atoms with Gasteiger partial charge in [0.05, 0.1) is 6.20 Å². The average Bonchev–Trinajstić information content (AvgIpc) is 2.87. The van der Waals surface area contributed by atoms with Crippen molar-refractivity contribution in [1.29, 1.82) is 0 Å². The van der Waals surface area contributed by atoms with Crippen molar-refractivity contribution in [3.8, 4) is 22.6 Å². The molecule has 1 aliphatic heterocycles. The van der Waals surface area contributed by atoms with Crippen molar-refractivity contribution in [1.82, 2.24) is 15.2 Å². The van der Waals surface area contributed by atoms with E-state index in [1.807, 2.05) is 44.2 Å². The van der Waals surface area contributed by atoms with Gasteiger partial charge in [-0.25, -0.2) is 4.98 Å². The molecule has 0 aliphatic carbocycles. The van der Waals surface area contributed by atoms with Gasteiger partial charge >= 0.3 is 0 Å². The molecule has 2 heterocycles. The summed E-state index contributed by atoms with van der Waals surface area (Å²) in [7, 11) is 0. The number of carbonyl (C=O) groups is 1. The summed E-state index contributed by atoms with van der Waals surface area (Å²) in [5.74, 6) is 2.64. The van der Waals surface area contributed by atoms with E-state index in [4.69, 9.17) is 33.7 Å². The van der Waals surface area contributed by atoms with Crippen LogP contribution < -0.4 is 21.1 Å². The molecular formula is C30H37Cl2N5O2. The molecule has 2 aromatic carbocycles. The molecule has 4 N–H and O–H groups in total. The zero-order chi connectivity index (χ0) is 28.0. The van der Waals surface area contributed by atoms with Gasteiger partial charge in [-0.05, 0) is 111 Å². The Kier molecular flexibility index (Phi) is 9.72. The minimum absolute atomic E-state index is 0.0310. The number of anilines is 1. The number of hydrogen-bond acceptors (Lipinski definition) is 6. The fourth-order valence-electron chi connectivity index (χ4n) is 4.59. The Bertz CT molecular complexity index is 1250. The van der Waals surface area contributed by atoms with Crippen LogP contribution in [0.15, 0.2) is 54.7 Å². The molecule has 1 aromatic heterocycles. The fourth-order valence-corrected chi connectivity index (χ4v) is 5.12. The van der Waals surface area contributed by atoms with Gasteiger partial charge in [0.25, 0.3) is 0 Å². The van der Waals surface area contributed by atoms with Crippen molar-refractivity contribution in [3.63, 3.8) is 0 Å². The Morgan fingerprint density at radius 2 is 1.74 bits per heavy atom. The fraction of sp³-hybridized carbons (Fsp3) is 0.400. The topological polar surface area (TPSA) is 92.5 Å². The van der Waals surface area contributed by atoms with Crippen LogP contribution in [0.3, 0.4) is 0 Å². The number of halogens is 2. The van der Waals surface area contributed by atoms with Crippen molar-refractivity contribution in [3.05, 3.63) is 70.3 Å². The van der Waals surface area contributed by atoms with E-state index in [0.29, 0.717) is 34.0 Å². The average molecular weight is 571 g/mol. The Morgan fingerprint density at radius 3 is 2.36 bits per heavy atom. The van der Waals surface area contributed by atoms with Gasteiger partial charge in [-0.1, -0.05) is 23.2 Å². The van der Waals surface area contributed by atoms with Crippen LogP contribution in [0.25, 0.3) is 11.1 Å². The highest BCUT2D eigenvalue weighted by Crippen LogP contribution is 2.33. The van der Waals surface area contributed by atoms with Crippen LogP contribution in [0, 0.1) is 5.92 Å². The first-order valence-corrected chi connectivity index (χ1v) is 14.0. The first kappa shape index (κ1) is 29.2. The zero-order valence-electron chi connectivity index (χ0n) is 22.8. The number of amides is 1. The van der Waals surface area contributed by atoms with Crippen molar-refractivity contribution in [2.24, 2.45) is 11.7 Å². The third kappa shape index (κ3) is 9.39. The molecule has 1 saturated heterocycles. The quantitative estimate of drug-likeness (QED) is 0.263. The molecule has 1 amide bonds. The highest BCUT2D eigenvalue weighted by Gasteiger charge is 2.20. The van der Waals surface area contributed by atoms with E-state index < -0.39 is 0 Å². The summed E-state index contributed by atoms with van der Waals surface area (Å²) in [5, 5.41) is 7.36. The summed E-state index contributed by atoms with van der Waals surface area (Å²) >= 11 is 12.6. The molecule has 0 saturated carbocycles. The number of carbonyl (C=O) groups excluding carboxylic acids is 1. The number of piperidine rings is 1. The first-order chi connectivity index (χ1) is 18.5. The third-order valence-electron chi connectivity index (χ3n) is 6.61. The van der Waals surface area contributed by atoms with Crippen LogP contribution in [0.1, 0.15) is 39.2 Å². The second kappa shape index (κ2) is 13.0. The molecule has 0 spiro atoms. The van der Waals surface area contributed by atoms with E-state index in [9.17, 15) is 4.79 Å². The number of nitrogens with one attached hydrogen (secondary N) is 2. The summed E-state index contributed by atoms with van der Waals surface area (Å²) < 4.78 is 6.26. The van der Waals surface area contributed by atoms with Gasteiger partial charge in [-0.3, -0.25) is 9.69 Å². The second-order valence-electron chi connectivity index (χ2n) is 11.0. The normalized spacial score (nSPS) is 14.7.